The summed E-state index contributed by atoms with van der Waals surface area (Å²) in [5.41, 5.74) is 1.49. The number of rotatable bonds is 5. The molecule has 2 amide bonds. The summed E-state index contributed by atoms with van der Waals surface area (Å²) in [6.45, 7) is 0.377. The van der Waals surface area contributed by atoms with Crippen molar-refractivity contribution in [1.82, 2.24) is 9.80 Å². The fraction of sp³-hybridized carbons (Fsp3) is 0.440. The van der Waals surface area contributed by atoms with Crippen LogP contribution in [0.2, 0.25) is 5.02 Å². The van der Waals surface area contributed by atoms with Gasteiger partial charge in [-0.05, 0) is 55.5 Å². The van der Waals surface area contributed by atoms with Gasteiger partial charge in [0.25, 0.3) is 5.91 Å². The van der Waals surface area contributed by atoms with Gasteiger partial charge in [0.2, 0.25) is 5.91 Å². The van der Waals surface area contributed by atoms with Crippen LogP contribution in [0.3, 0.4) is 0 Å². The number of likely N-dealkylation sites (tertiary alicyclic amines) is 1. The Balaban J connectivity index is 1.59. The van der Waals surface area contributed by atoms with Crippen LogP contribution in [0.25, 0.3) is 0 Å². The van der Waals surface area contributed by atoms with Crippen molar-refractivity contribution in [2.75, 3.05) is 14.2 Å². The Bertz CT molecular complexity index is 949. The first-order chi connectivity index (χ1) is 15.0. The van der Waals surface area contributed by atoms with Crippen molar-refractivity contribution in [3.05, 3.63) is 64.7 Å². The van der Waals surface area contributed by atoms with Gasteiger partial charge in [-0.3, -0.25) is 9.59 Å². The molecule has 2 fully saturated rings. The van der Waals surface area contributed by atoms with Crippen LogP contribution in [0.5, 0.6) is 5.75 Å². The van der Waals surface area contributed by atoms with Gasteiger partial charge < -0.3 is 14.5 Å². The Labute approximate surface area is 188 Å². The first kappa shape index (κ1) is 21.7. The zero-order chi connectivity index (χ0) is 22.0. The number of amides is 2. The molecule has 31 heavy (non-hydrogen) atoms. The molecule has 5 nitrogen and oxygen atoms in total. The summed E-state index contributed by atoms with van der Waals surface area (Å²) >= 11 is 6.17. The Morgan fingerprint density at radius 1 is 1.13 bits per heavy atom. The van der Waals surface area contributed by atoms with Crippen molar-refractivity contribution in [2.24, 2.45) is 5.92 Å². The highest BCUT2D eigenvalue weighted by molar-refractivity contribution is 6.30. The van der Waals surface area contributed by atoms with Crippen molar-refractivity contribution in [1.29, 1.82) is 0 Å². The van der Waals surface area contributed by atoms with Crippen LogP contribution in [-0.2, 0) is 11.3 Å². The SMILES string of the molecule is COc1ccc(Cl)cc1CN(C)C(=O)C1CC2CCCCC2N1C(=O)c1ccccc1. The van der Waals surface area contributed by atoms with Crippen LogP contribution in [0, 0.1) is 5.92 Å². The second-order valence-corrected chi connectivity index (χ2v) is 9.03. The second kappa shape index (κ2) is 9.31. The summed E-state index contributed by atoms with van der Waals surface area (Å²) in [5.74, 6) is 1.02. The van der Waals surface area contributed by atoms with Crippen LogP contribution in [0.4, 0.5) is 0 Å². The van der Waals surface area contributed by atoms with Crippen LogP contribution in [0.15, 0.2) is 48.5 Å². The van der Waals surface area contributed by atoms with E-state index >= 15 is 0 Å². The minimum Gasteiger partial charge on any atom is -0.496 e. The van der Waals surface area contributed by atoms with E-state index < -0.39 is 6.04 Å². The average molecular weight is 441 g/mol. The maximum Gasteiger partial charge on any atom is 0.254 e. The number of hydrogen-bond donors (Lipinski definition) is 0. The van der Waals surface area contributed by atoms with E-state index in [4.69, 9.17) is 16.3 Å². The molecule has 2 aromatic rings. The molecule has 2 aromatic carbocycles. The summed E-state index contributed by atoms with van der Waals surface area (Å²) in [5, 5.41) is 0.601. The third kappa shape index (κ3) is 4.42. The van der Waals surface area contributed by atoms with Gasteiger partial charge >= 0.3 is 0 Å². The highest BCUT2D eigenvalue weighted by Gasteiger charge is 2.48. The molecule has 0 bridgehead atoms. The van der Waals surface area contributed by atoms with Crippen LogP contribution >= 0.6 is 11.6 Å². The van der Waals surface area contributed by atoms with Crippen molar-refractivity contribution in [3.8, 4) is 5.75 Å². The molecule has 6 heteroatoms. The Morgan fingerprint density at radius 2 is 1.87 bits per heavy atom. The number of methoxy groups -OCH3 is 1. The summed E-state index contributed by atoms with van der Waals surface area (Å²) in [7, 11) is 3.40. The number of fused-ring (bicyclic) bond motifs is 1. The molecule has 0 aromatic heterocycles. The smallest absolute Gasteiger partial charge is 0.254 e. The number of nitrogens with zero attached hydrogens (tertiary/aromatic N) is 2. The van der Waals surface area contributed by atoms with Crippen molar-refractivity contribution < 1.29 is 14.3 Å². The van der Waals surface area contributed by atoms with Gasteiger partial charge in [0.1, 0.15) is 11.8 Å². The Morgan fingerprint density at radius 3 is 2.61 bits per heavy atom. The van der Waals surface area contributed by atoms with E-state index in [9.17, 15) is 9.59 Å². The maximum absolute atomic E-state index is 13.6. The molecular weight excluding hydrogens is 412 g/mol. The summed E-state index contributed by atoms with van der Waals surface area (Å²) in [6.07, 6.45) is 5.07. The average Bonchev–Trinajstić information content (AvgIpc) is 3.18. The lowest BCUT2D eigenvalue weighted by Crippen LogP contribution is -2.49. The van der Waals surface area contributed by atoms with Gasteiger partial charge in [0.15, 0.2) is 0 Å². The minimum atomic E-state index is -0.434. The maximum atomic E-state index is 13.6. The molecule has 4 rings (SSSR count). The molecule has 1 heterocycles. The van der Waals surface area contributed by atoms with Gasteiger partial charge in [-0.25, -0.2) is 0 Å². The standard InChI is InChI=1S/C25H29ClN2O3/c1-27(16-19-14-20(26)12-13-23(19)31-2)25(30)22-15-18-10-6-7-11-21(18)28(22)24(29)17-8-4-3-5-9-17/h3-5,8-9,12-14,18,21-22H,6-7,10-11,15-16H2,1-2H3. The molecule has 1 aliphatic heterocycles. The van der Waals surface area contributed by atoms with Gasteiger partial charge in [0, 0.05) is 35.8 Å². The van der Waals surface area contributed by atoms with Gasteiger partial charge in [-0.2, -0.15) is 0 Å². The molecule has 0 radical (unpaired) electrons. The molecule has 0 N–H and O–H groups in total. The minimum absolute atomic E-state index is 0.0271. The third-order valence-corrected chi connectivity index (χ3v) is 6.89. The predicted molar refractivity (Wildman–Crippen MR) is 121 cm³/mol. The quantitative estimate of drug-likeness (QED) is 0.672. The lowest BCUT2D eigenvalue weighted by atomic mass is 9.84. The van der Waals surface area contributed by atoms with E-state index in [1.807, 2.05) is 47.4 Å². The highest BCUT2D eigenvalue weighted by atomic mass is 35.5. The van der Waals surface area contributed by atoms with Gasteiger partial charge in [-0.15, -0.1) is 0 Å². The lowest BCUT2D eigenvalue weighted by Gasteiger charge is -2.34. The molecule has 1 saturated heterocycles. The zero-order valence-electron chi connectivity index (χ0n) is 18.1. The van der Waals surface area contributed by atoms with E-state index in [0.29, 0.717) is 28.8 Å². The van der Waals surface area contributed by atoms with Gasteiger partial charge in [0.05, 0.1) is 7.11 Å². The molecule has 3 atom stereocenters. The molecule has 2 aliphatic rings. The summed E-state index contributed by atoms with van der Waals surface area (Å²) < 4.78 is 5.44. The van der Waals surface area contributed by atoms with E-state index in [1.54, 1.807) is 25.1 Å². The van der Waals surface area contributed by atoms with Crippen LogP contribution in [-0.4, -0.2) is 47.9 Å². The topological polar surface area (TPSA) is 49.9 Å². The number of hydrogen-bond acceptors (Lipinski definition) is 3. The van der Waals surface area contributed by atoms with E-state index in [0.717, 1.165) is 31.2 Å². The van der Waals surface area contributed by atoms with E-state index in [2.05, 4.69) is 0 Å². The number of ether oxygens (including phenoxy) is 1. The van der Waals surface area contributed by atoms with Crippen LogP contribution < -0.4 is 4.74 Å². The van der Waals surface area contributed by atoms with Gasteiger partial charge in [-0.1, -0.05) is 42.6 Å². The predicted octanol–water partition coefficient (Wildman–Crippen LogP) is 4.78. The molecule has 1 saturated carbocycles. The first-order valence-corrected chi connectivity index (χ1v) is 11.3. The normalized spacial score (nSPS) is 22.7. The number of carbonyl (C=O) groups is 2. The third-order valence-electron chi connectivity index (χ3n) is 6.65. The van der Waals surface area contributed by atoms with Crippen LogP contribution in [0.1, 0.15) is 48.0 Å². The summed E-state index contributed by atoms with van der Waals surface area (Å²) in [4.78, 5) is 30.6. The molecule has 3 unspecified atom stereocenters. The zero-order valence-corrected chi connectivity index (χ0v) is 18.8. The summed E-state index contributed by atoms with van der Waals surface area (Å²) in [6, 6.07) is 14.4. The number of halogens is 1. The number of carbonyl (C=O) groups excluding carboxylic acids is 2. The largest absolute Gasteiger partial charge is 0.496 e. The molecule has 1 aliphatic carbocycles. The lowest BCUT2D eigenvalue weighted by molar-refractivity contribution is -0.134. The monoisotopic (exact) mass is 440 g/mol. The molecular formula is C25H29ClN2O3. The van der Waals surface area contributed by atoms with E-state index in [-0.39, 0.29) is 17.9 Å². The molecule has 0 spiro atoms. The Hall–Kier alpha value is -2.53. The van der Waals surface area contributed by atoms with E-state index in [1.165, 1.54) is 6.42 Å². The van der Waals surface area contributed by atoms with Crippen molar-refractivity contribution in [2.45, 2.75) is 50.7 Å². The molecule has 164 valence electrons. The fourth-order valence-corrected chi connectivity index (χ4v) is 5.36. The van der Waals surface area contributed by atoms with Crippen molar-refractivity contribution >= 4 is 23.4 Å². The second-order valence-electron chi connectivity index (χ2n) is 8.59. The first-order valence-electron chi connectivity index (χ1n) is 10.9. The highest BCUT2D eigenvalue weighted by Crippen LogP contribution is 2.41. The number of likely N-dealkylation sites (N-methyl/N-ethyl adjacent to an activating group) is 1. The fourth-order valence-electron chi connectivity index (χ4n) is 5.16. The number of benzene rings is 2. The van der Waals surface area contributed by atoms with Crippen molar-refractivity contribution in [3.63, 3.8) is 0 Å². The Kier molecular flexibility index (Phi) is 6.51.